The van der Waals surface area contributed by atoms with Crippen molar-refractivity contribution in [1.29, 1.82) is 0 Å². The van der Waals surface area contributed by atoms with Gasteiger partial charge in [-0.25, -0.2) is 0 Å². The van der Waals surface area contributed by atoms with Crippen molar-refractivity contribution < 1.29 is 19.0 Å². The van der Waals surface area contributed by atoms with E-state index < -0.39 is 12.1 Å². The Morgan fingerprint density at radius 2 is 1.67 bits per heavy atom. The number of carbonyl (C=O) groups is 2. The summed E-state index contributed by atoms with van der Waals surface area (Å²) in [5.41, 5.74) is 6.26. The average Bonchev–Trinajstić information content (AvgIpc) is 3.20. The molecule has 4 rings (SSSR count). The van der Waals surface area contributed by atoms with Gasteiger partial charge in [0.15, 0.2) is 6.04 Å². The van der Waals surface area contributed by atoms with E-state index in [0.717, 1.165) is 29.9 Å². The number of carbonyl (C=O) groups excluding carboxylic acids is 2. The highest BCUT2D eigenvalue weighted by Gasteiger charge is 2.47. The number of rotatable bonds is 8. The van der Waals surface area contributed by atoms with Gasteiger partial charge in [0, 0.05) is 40.5 Å². The van der Waals surface area contributed by atoms with Crippen LogP contribution in [0, 0.1) is 0 Å². The number of methoxy groups -OCH3 is 1. The van der Waals surface area contributed by atoms with Crippen molar-refractivity contribution in [2.75, 3.05) is 25.1 Å². The van der Waals surface area contributed by atoms with Crippen molar-refractivity contribution in [2.45, 2.75) is 25.9 Å². The number of hydrogen-bond acceptors (Lipinski definition) is 4. The van der Waals surface area contributed by atoms with Crippen LogP contribution in [0.25, 0.3) is 0 Å². The fourth-order valence-corrected chi connectivity index (χ4v) is 4.45. The Morgan fingerprint density at radius 1 is 1.03 bits per heavy atom. The first-order valence-electron chi connectivity index (χ1n) is 11.9. The van der Waals surface area contributed by atoms with E-state index in [-0.39, 0.29) is 11.8 Å². The monoisotopic (exact) mass is 505 g/mol. The van der Waals surface area contributed by atoms with Crippen molar-refractivity contribution >= 4 is 35.3 Å². The van der Waals surface area contributed by atoms with E-state index in [4.69, 9.17) is 16.3 Å². The van der Waals surface area contributed by atoms with Crippen molar-refractivity contribution in [3.05, 3.63) is 94.5 Å². The minimum absolute atomic E-state index is 0.297. The van der Waals surface area contributed by atoms with E-state index in [1.807, 2.05) is 42.6 Å². The van der Waals surface area contributed by atoms with Crippen LogP contribution in [0.3, 0.4) is 0 Å². The third kappa shape index (κ3) is 5.52. The van der Waals surface area contributed by atoms with Gasteiger partial charge in [-0.3, -0.25) is 9.59 Å². The lowest BCUT2D eigenvalue weighted by Gasteiger charge is -2.20. The second-order valence-electron chi connectivity index (χ2n) is 8.45. The lowest BCUT2D eigenvalue weighted by molar-refractivity contribution is -0.596. The largest absolute Gasteiger partial charge is 0.497 e. The number of amides is 2. The number of nitrogens with zero attached hydrogens (tertiary/aromatic N) is 2. The zero-order valence-electron chi connectivity index (χ0n) is 20.6. The quantitative estimate of drug-likeness (QED) is 0.450. The number of nitrogens with one attached hydrogen (secondary N) is 2. The number of ether oxygens (including phenoxy) is 1. The number of benzene rings is 3. The van der Waals surface area contributed by atoms with E-state index >= 15 is 0 Å². The maximum Gasteiger partial charge on any atom is 0.304 e. The molecule has 0 spiro atoms. The van der Waals surface area contributed by atoms with E-state index in [9.17, 15) is 9.59 Å². The first kappa shape index (κ1) is 25.3. The Balaban J connectivity index is 1.67. The second-order valence-corrected chi connectivity index (χ2v) is 8.89. The van der Waals surface area contributed by atoms with Gasteiger partial charge >= 0.3 is 5.91 Å². The van der Waals surface area contributed by atoms with E-state index in [0.29, 0.717) is 16.3 Å². The van der Waals surface area contributed by atoms with Gasteiger partial charge in [0.1, 0.15) is 5.75 Å². The molecule has 8 heteroatoms. The van der Waals surface area contributed by atoms with Crippen molar-refractivity contribution in [2.24, 2.45) is 0 Å². The van der Waals surface area contributed by atoms with Crippen molar-refractivity contribution in [3.8, 4) is 5.75 Å². The molecule has 1 saturated heterocycles. The summed E-state index contributed by atoms with van der Waals surface area (Å²) >= 11 is 5.96. The van der Waals surface area contributed by atoms with Crippen LogP contribution in [-0.2, 0) is 4.79 Å². The third-order valence-corrected chi connectivity index (χ3v) is 6.55. The Bertz CT molecular complexity index is 1240. The molecule has 2 atom stereocenters. The van der Waals surface area contributed by atoms with Gasteiger partial charge in [0.2, 0.25) is 12.3 Å². The summed E-state index contributed by atoms with van der Waals surface area (Å²) in [6.45, 7) is 6.11. The molecular weight excluding hydrogens is 476 g/mol. The van der Waals surface area contributed by atoms with E-state index in [2.05, 4.69) is 41.6 Å². The average molecular weight is 506 g/mol. The molecule has 1 aliphatic rings. The molecule has 1 heterocycles. The topological polar surface area (TPSA) is 73.7 Å². The Morgan fingerprint density at radius 3 is 2.25 bits per heavy atom. The third-order valence-electron chi connectivity index (χ3n) is 6.30. The minimum atomic E-state index is -0.812. The number of hydrazone groups is 1. The predicted molar refractivity (Wildman–Crippen MR) is 142 cm³/mol. The lowest BCUT2D eigenvalue weighted by atomic mass is 9.99. The van der Waals surface area contributed by atoms with Gasteiger partial charge in [-0.15, -0.1) is 10.1 Å². The molecule has 186 valence electrons. The maximum atomic E-state index is 13.1. The molecule has 3 aromatic rings. The highest BCUT2D eigenvalue weighted by Crippen LogP contribution is 2.27. The summed E-state index contributed by atoms with van der Waals surface area (Å²) in [7, 11) is 1.60. The van der Waals surface area contributed by atoms with Gasteiger partial charge in [-0.05, 0) is 86.6 Å². The Kier molecular flexibility index (Phi) is 7.90. The van der Waals surface area contributed by atoms with Crippen LogP contribution < -0.4 is 20.4 Å². The number of halogens is 1. The van der Waals surface area contributed by atoms with Gasteiger partial charge in [-0.2, -0.15) is 0 Å². The zero-order valence-corrected chi connectivity index (χ0v) is 21.3. The predicted octanol–water partition coefficient (Wildman–Crippen LogP) is 4.21. The van der Waals surface area contributed by atoms with E-state index in [1.54, 1.807) is 36.1 Å². The summed E-state index contributed by atoms with van der Waals surface area (Å²) in [5.74, 6) is 0.0604. The number of hydrogen-bond donors (Lipinski definition) is 2. The minimum Gasteiger partial charge on any atom is -0.497 e. The molecule has 0 saturated carbocycles. The number of hydrazine groups is 1. The molecule has 0 unspecified atom stereocenters. The van der Waals surface area contributed by atoms with Crippen molar-refractivity contribution in [1.82, 2.24) is 10.7 Å². The molecule has 0 bridgehead atoms. The standard InChI is InChI=1S/C28H29ClN4O3/c1-4-32(5-2)23-14-6-19(7-15-23)18-33-26(20-10-16-24(36-3)17-11-20)25(28(35)31-33)30-27(34)21-8-12-22(29)13-9-21/h6-18,25-26H,4-5H2,1-3H3,(H-,30,31,34,35)/p+1/t25-,26-/m1/s1. The van der Waals surface area contributed by atoms with Crippen LogP contribution in [0.4, 0.5) is 5.69 Å². The summed E-state index contributed by atoms with van der Waals surface area (Å²) in [5, 5.41) is 3.44. The first-order valence-corrected chi connectivity index (χ1v) is 12.3. The highest BCUT2D eigenvalue weighted by molar-refractivity contribution is 6.30. The molecule has 1 aliphatic heterocycles. The molecular formula is C28H30ClN4O3+. The summed E-state index contributed by atoms with van der Waals surface area (Å²) in [4.78, 5) is 28.3. The summed E-state index contributed by atoms with van der Waals surface area (Å²) < 4.78 is 7.05. The van der Waals surface area contributed by atoms with Crippen LogP contribution in [0.1, 0.15) is 41.4 Å². The normalized spacial score (nSPS) is 18.1. The zero-order chi connectivity index (χ0) is 25.7. The van der Waals surface area contributed by atoms with Gasteiger partial charge in [0.25, 0.3) is 5.91 Å². The molecule has 0 radical (unpaired) electrons. The second kappa shape index (κ2) is 11.3. The van der Waals surface area contributed by atoms with Gasteiger partial charge in [-0.1, -0.05) is 11.6 Å². The fourth-order valence-electron chi connectivity index (χ4n) is 4.33. The fraction of sp³-hybridized carbons (Fsp3) is 0.250. The van der Waals surface area contributed by atoms with Crippen LogP contribution in [0.2, 0.25) is 5.02 Å². The molecule has 0 aromatic heterocycles. The Hall–Kier alpha value is -3.84. The van der Waals surface area contributed by atoms with Crippen molar-refractivity contribution in [3.63, 3.8) is 0 Å². The lowest BCUT2D eigenvalue weighted by Crippen LogP contribution is -2.42. The summed E-state index contributed by atoms with van der Waals surface area (Å²) in [6, 6.07) is 20.9. The molecule has 2 amide bonds. The maximum absolute atomic E-state index is 13.1. The molecule has 36 heavy (non-hydrogen) atoms. The van der Waals surface area contributed by atoms with Crippen LogP contribution in [0.5, 0.6) is 5.75 Å². The number of anilines is 1. The molecule has 2 N–H and O–H groups in total. The smallest absolute Gasteiger partial charge is 0.304 e. The SMILES string of the molecule is CCN(CC)c1ccc(/C=[N+]2\NC(=O)[C@H](NC(=O)c3ccc(Cl)cc3)[C@H]2c2ccc(OC)cc2)cc1. The van der Waals surface area contributed by atoms with Crippen LogP contribution >= 0.6 is 11.6 Å². The molecule has 3 aromatic carbocycles. The van der Waals surface area contributed by atoms with E-state index in [1.165, 1.54) is 0 Å². The Labute approximate surface area is 216 Å². The van der Waals surface area contributed by atoms with Gasteiger partial charge in [0.05, 0.1) is 7.11 Å². The van der Waals surface area contributed by atoms with Gasteiger partial charge < -0.3 is 15.0 Å². The van der Waals surface area contributed by atoms with Crippen LogP contribution in [-0.4, -0.2) is 49.0 Å². The summed E-state index contributed by atoms with van der Waals surface area (Å²) in [6.07, 6.45) is 1.88. The molecule has 0 aliphatic carbocycles. The highest BCUT2D eigenvalue weighted by atomic mass is 35.5. The molecule has 7 nitrogen and oxygen atoms in total. The molecule has 1 fully saturated rings. The first-order chi connectivity index (χ1) is 17.4. The van der Waals surface area contributed by atoms with Crippen LogP contribution in [0.15, 0.2) is 72.8 Å².